The van der Waals surface area contributed by atoms with Crippen LogP contribution >= 0.6 is 23.2 Å². The van der Waals surface area contributed by atoms with Crippen molar-refractivity contribution in [2.75, 3.05) is 7.11 Å². The van der Waals surface area contributed by atoms with Gasteiger partial charge in [0.05, 0.1) is 13.0 Å². The van der Waals surface area contributed by atoms with Gasteiger partial charge in [0.25, 0.3) is 0 Å². The number of benzene rings is 1. The first-order valence-corrected chi connectivity index (χ1v) is 8.88. The highest BCUT2D eigenvalue weighted by Gasteiger charge is 2.46. The van der Waals surface area contributed by atoms with Crippen LogP contribution in [-0.4, -0.2) is 18.9 Å². The fraction of sp³-hybridized carbons (Fsp3) is 0.368. The highest BCUT2D eigenvalue weighted by atomic mass is 35.5. The Kier molecular flexibility index (Phi) is 4.80. The molecule has 0 radical (unpaired) electrons. The summed E-state index contributed by atoms with van der Waals surface area (Å²) in [5, 5.41) is 0.672. The Bertz CT molecular complexity index is 850. The van der Waals surface area contributed by atoms with Crippen molar-refractivity contribution in [2.45, 2.75) is 32.6 Å². The summed E-state index contributed by atoms with van der Waals surface area (Å²) in [6.45, 7) is 3.95. The molecule has 0 saturated heterocycles. The molecule has 1 aromatic rings. The molecule has 2 N–H and O–H groups in total. The summed E-state index contributed by atoms with van der Waals surface area (Å²) in [7, 11) is 1.24. The van der Waals surface area contributed by atoms with E-state index >= 15 is 0 Å². The van der Waals surface area contributed by atoms with Gasteiger partial charge in [-0.25, -0.2) is 4.79 Å². The molecule has 0 unspecified atom stereocenters. The SMILES string of the molecule is COC(=O)C1=C(N)OC2=C(C(=O)CC(C)(C)C2)[C@H]1c1c(Cl)cccc1Cl. The Morgan fingerprint density at radius 1 is 1.27 bits per heavy atom. The summed E-state index contributed by atoms with van der Waals surface area (Å²) in [4.78, 5) is 25.4. The second-order valence-electron chi connectivity index (χ2n) is 7.22. The molecule has 2 aliphatic rings. The third-order valence-electron chi connectivity index (χ3n) is 4.65. The molecule has 5 nitrogen and oxygen atoms in total. The van der Waals surface area contributed by atoms with E-state index in [0.717, 1.165) is 0 Å². The number of halogens is 2. The number of ketones is 1. The van der Waals surface area contributed by atoms with Crippen molar-refractivity contribution in [1.82, 2.24) is 0 Å². The van der Waals surface area contributed by atoms with Gasteiger partial charge in [-0.1, -0.05) is 43.1 Å². The van der Waals surface area contributed by atoms with E-state index in [1.54, 1.807) is 18.2 Å². The number of carbonyl (C=O) groups excluding carboxylic acids is 2. The number of rotatable bonds is 2. The Morgan fingerprint density at radius 2 is 1.88 bits per heavy atom. The number of nitrogens with two attached hydrogens (primary N) is 1. The zero-order chi connectivity index (χ0) is 19.2. The van der Waals surface area contributed by atoms with Crippen LogP contribution in [0.15, 0.2) is 41.0 Å². The average molecular weight is 396 g/mol. The number of hydrogen-bond donors (Lipinski definition) is 1. The number of esters is 1. The van der Waals surface area contributed by atoms with Crippen LogP contribution in [0.5, 0.6) is 0 Å². The zero-order valence-electron chi connectivity index (χ0n) is 14.7. The molecule has 7 heteroatoms. The first kappa shape index (κ1) is 18.8. The van der Waals surface area contributed by atoms with Gasteiger partial charge < -0.3 is 15.2 Å². The lowest BCUT2D eigenvalue weighted by Crippen LogP contribution is -2.35. The second kappa shape index (κ2) is 6.63. The van der Waals surface area contributed by atoms with Crippen molar-refractivity contribution in [2.24, 2.45) is 11.1 Å². The van der Waals surface area contributed by atoms with E-state index < -0.39 is 11.9 Å². The summed E-state index contributed by atoms with van der Waals surface area (Å²) < 4.78 is 10.6. The van der Waals surface area contributed by atoms with Crippen LogP contribution < -0.4 is 5.73 Å². The van der Waals surface area contributed by atoms with Gasteiger partial charge in [0, 0.05) is 34.0 Å². The highest BCUT2D eigenvalue weighted by Crippen LogP contribution is 2.50. The first-order chi connectivity index (χ1) is 12.2. The molecule has 26 heavy (non-hydrogen) atoms. The average Bonchev–Trinajstić information content (AvgIpc) is 2.52. The van der Waals surface area contributed by atoms with E-state index in [0.29, 0.717) is 39.8 Å². The van der Waals surface area contributed by atoms with Crippen LogP contribution in [0, 0.1) is 5.41 Å². The normalized spacial score (nSPS) is 22.0. The molecular weight excluding hydrogens is 377 g/mol. The van der Waals surface area contributed by atoms with Gasteiger partial charge in [-0.15, -0.1) is 0 Å². The molecule has 1 aliphatic heterocycles. The fourth-order valence-corrected chi connectivity index (χ4v) is 4.18. The summed E-state index contributed by atoms with van der Waals surface area (Å²) in [5.74, 6) is -1.27. The van der Waals surface area contributed by atoms with Gasteiger partial charge in [-0.05, 0) is 17.5 Å². The maximum absolute atomic E-state index is 13.0. The van der Waals surface area contributed by atoms with Crippen molar-refractivity contribution in [3.8, 4) is 0 Å². The molecule has 3 rings (SSSR count). The van der Waals surface area contributed by atoms with Crippen LogP contribution in [0.3, 0.4) is 0 Å². The van der Waals surface area contributed by atoms with Crippen LogP contribution in [0.4, 0.5) is 0 Å². The quantitative estimate of drug-likeness (QED) is 0.762. The molecule has 1 atom stereocenters. The zero-order valence-corrected chi connectivity index (χ0v) is 16.2. The van der Waals surface area contributed by atoms with Gasteiger partial charge in [0.2, 0.25) is 5.88 Å². The van der Waals surface area contributed by atoms with Crippen molar-refractivity contribution in [1.29, 1.82) is 0 Å². The topological polar surface area (TPSA) is 78.6 Å². The maximum atomic E-state index is 13.0. The molecular formula is C19H19Cl2NO4. The van der Waals surface area contributed by atoms with E-state index in [4.69, 9.17) is 38.4 Å². The lowest BCUT2D eigenvalue weighted by Gasteiger charge is -2.38. The Balaban J connectivity index is 2.29. The molecule has 1 aliphatic carbocycles. The monoisotopic (exact) mass is 395 g/mol. The molecule has 1 heterocycles. The summed E-state index contributed by atoms with van der Waals surface area (Å²) in [6, 6.07) is 5.00. The Morgan fingerprint density at radius 3 is 2.46 bits per heavy atom. The molecule has 0 bridgehead atoms. The van der Waals surface area contributed by atoms with Crippen LogP contribution in [-0.2, 0) is 19.1 Å². The van der Waals surface area contributed by atoms with Crippen LogP contribution in [0.1, 0.15) is 38.2 Å². The van der Waals surface area contributed by atoms with Gasteiger partial charge >= 0.3 is 5.97 Å². The number of hydrogen-bond acceptors (Lipinski definition) is 5. The van der Waals surface area contributed by atoms with E-state index in [2.05, 4.69) is 0 Å². The van der Waals surface area contributed by atoms with Crippen molar-refractivity contribution in [3.05, 3.63) is 56.6 Å². The van der Waals surface area contributed by atoms with Gasteiger partial charge in [-0.3, -0.25) is 4.79 Å². The van der Waals surface area contributed by atoms with E-state index in [9.17, 15) is 9.59 Å². The molecule has 138 valence electrons. The lowest BCUT2D eigenvalue weighted by molar-refractivity contribution is -0.136. The Hall–Kier alpha value is -1.98. The molecule has 0 saturated carbocycles. The maximum Gasteiger partial charge on any atom is 0.340 e. The lowest BCUT2D eigenvalue weighted by atomic mass is 9.70. The molecule has 1 aromatic carbocycles. The van der Waals surface area contributed by atoms with Crippen molar-refractivity contribution < 1.29 is 19.1 Å². The van der Waals surface area contributed by atoms with E-state index in [1.165, 1.54) is 7.11 Å². The smallest absolute Gasteiger partial charge is 0.340 e. The second-order valence-corrected chi connectivity index (χ2v) is 8.03. The van der Waals surface area contributed by atoms with Crippen LogP contribution in [0.25, 0.3) is 0 Å². The third-order valence-corrected chi connectivity index (χ3v) is 5.31. The predicted octanol–water partition coefficient (Wildman–Crippen LogP) is 4.09. The largest absolute Gasteiger partial charge is 0.465 e. The standard InChI is InChI=1S/C19H19Cl2NO4/c1-19(2)7-11(23)14-12(8-19)26-17(22)16(18(24)25-3)15(14)13-9(20)5-4-6-10(13)21/h4-6,15H,7-8,22H2,1-3H3/t15-/m1/s1. The third kappa shape index (κ3) is 3.10. The van der Waals surface area contributed by atoms with Gasteiger partial charge in [-0.2, -0.15) is 0 Å². The van der Waals surface area contributed by atoms with Gasteiger partial charge in [0.1, 0.15) is 11.3 Å². The minimum absolute atomic E-state index is 0.0364. The minimum atomic E-state index is -0.823. The molecule has 0 amide bonds. The fourth-order valence-electron chi connectivity index (χ4n) is 3.57. The number of ether oxygens (including phenoxy) is 2. The minimum Gasteiger partial charge on any atom is -0.465 e. The summed E-state index contributed by atoms with van der Waals surface area (Å²) in [5.41, 5.74) is 6.63. The summed E-state index contributed by atoms with van der Waals surface area (Å²) in [6.07, 6.45) is 0.837. The number of carbonyl (C=O) groups is 2. The predicted molar refractivity (Wildman–Crippen MR) is 98.6 cm³/mol. The van der Waals surface area contributed by atoms with E-state index in [-0.39, 0.29) is 22.7 Å². The number of Topliss-reactive ketones (excluding diaryl/α,β-unsaturated/α-hetero) is 1. The van der Waals surface area contributed by atoms with Gasteiger partial charge in [0.15, 0.2) is 5.78 Å². The van der Waals surface area contributed by atoms with Crippen molar-refractivity contribution in [3.63, 3.8) is 0 Å². The van der Waals surface area contributed by atoms with Crippen LogP contribution in [0.2, 0.25) is 10.0 Å². The molecule has 0 fully saturated rings. The molecule has 0 aromatic heterocycles. The number of methoxy groups -OCH3 is 1. The van der Waals surface area contributed by atoms with E-state index in [1.807, 2.05) is 13.8 Å². The Labute approximate surface area is 161 Å². The molecule has 0 spiro atoms. The summed E-state index contributed by atoms with van der Waals surface area (Å²) >= 11 is 12.8. The first-order valence-electron chi connectivity index (χ1n) is 8.12. The highest BCUT2D eigenvalue weighted by molar-refractivity contribution is 6.36. The number of allylic oxidation sites excluding steroid dienone is 2. The van der Waals surface area contributed by atoms with Crippen molar-refractivity contribution >= 4 is 35.0 Å².